The summed E-state index contributed by atoms with van der Waals surface area (Å²) in [4.78, 5) is 28.0. The van der Waals surface area contributed by atoms with Crippen molar-refractivity contribution in [1.29, 1.82) is 0 Å². The number of nitrogens with one attached hydrogen (secondary N) is 2. The number of anilines is 1. The van der Waals surface area contributed by atoms with Crippen molar-refractivity contribution in [3.8, 4) is 5.69 Å². The van der Waals surface area contributed by atoms with Crippen LogP contribution in [0.2, 0.25) is 0 Å². The van der Waals surface area contributed by atoms with Gasteiger partial charge in [-0.1, -0.05) is 12.1 Å². The molecule has 0 fully saturated rings. The summed E-state index contributed by atoms with van der Waals surface area (Å²) in [5, 5.41) is 10.5. The Labute approximate surface area is 171 Å². The van der Waals surface area contributed by atoms with Crippen molar-refractivity contribution < 1.29 is 14.0 Å². The van der Waals surface area contributed by atoms with Gasteiger partial charge in [-0.15, -0.1) is 0 Å². The van der Waals surface area contributed by atoms with Crippen molar-refractivity contribution in [3.05, 3.63) is 83.9 Å². The molecule has 0 radical (unpaired) electrons. The van der Waals surface area contributed by atoms with E-state index in [0.717, 1.165) is 11.1 Å². The fraction of sp³-hybridized carbons (Fsp3) is 0.0909. The first-order chi connectivity index (χ1) is 14.5. The van der Waals surface area contributed by atoms with Crippen LogP contribution in [-0.2, 0) is 11.3 Å². The average Bonchev–Trinajstić information content (AvgIpc) is 3.17. The Morgan fingerprint density at radius 3 is 2.53 bits per heavy atom. The number of carbonyl (C=O) groups excluding carboxylic acids is 2. The van der Waals surface area contributed by atoms with Crippen LogP contribution in [-0.4, -0.2) is 26.6 Å². The topological polar surface area (TPSA) is 88.9 Å². The third kappa shape index (κ3) is 4.02. The molecule has 7 nitrogen and oxygen atoms in total. The largest absolute Gasteiger partial charge is 0.348 e. The fourth-order valence-corrected chi connectivity index (χ4v) is 3.10. The van der Waals surface area contributed by atoms with Crippen LogP contribution in [0.5, 0.6) is 0 Å². The molecule has 0 aliphatic rings. The molecule has 0 bridgehead atoms. The molecule has 0 spiro atoms. The van der Waals surface area contributed by atoms with Gasteiger partial charge in [-0.2, -0.15) is 5.10 Å². The Morgan fingerprint density at radius 2 is 1.83 bits per heavy atom. The lowest BCUT2D eigenvalue weighted by molar-refractivity contribution is -0.114. The van der Waals surface area contributed by atoms with Gasteiger partial charge in [0.05, 0.1) is 23.0 Å². The van der Waals surface area contributed by atoms with Crippen molar-refractivity contribution in [3.63, 3.8) is 0 Å². The lowest BCUT2D eigenvalue weighted by atomic mass is 10.1. The number of hydrogen-bond acceptors (Lipinski definition) is 4. The molecular weight excluding hydrogens is 385 g/mol. The predicted octanol–water partition coefficient (Wildman–Crippen LogP) is 3.45. The van der Waals surface area contributed by atoms with Crippen LogP contribution in [0.15, 0.2) is 67.0 Å². The highest BCUT2D eigenvalue weighted by molar-refractivity contribution is 6.06. The van der Waals surface area contributed by atoms with Crippen LogP contribution in [0.3, 0.4) is 0 Å². The minimum atomic E-state index is -0.324. The number of pyridine rings is 1. The van der Waals surface area contributed by atoms with Gasteiger partial charge in [-0.05, 0) is 48.0 Å². The zero-order valence-electron chi connectivity index (χ0n) is 16.1. The molecule has 0 atom stereocenters. The summed E-state index contributed by atoms with van der Waals surface area (Å²) in [5.41, 5.74) is 2.74. The smallest absolute Gasteiger partial charge is 0.252 e. The molecule has 2 aromatic heterocycles. The van der Waals surface area contributed by atoms with Crippen LogP contribution >= 0.6 is 0 Å². The highest BCUT2D eigenvalue weighted by atomic mass is 19.1. The van der Waals surface area contributed by atoms with Crippen molar-refractivity contribution in [2.45, 2.75) is 13.5 Å². The van der Waals surface area contributed by atoms with Crippen LogP contribution in [0.25, 0.3) is 16.6 Å². The number of rotatable bonds is 5. The van der Waals surface area contributed by atoms with E-state index in [1.165, 1.54) is 19.1 Å². The summed E-state index contributed by atoms with van der Waals surface area (Å²) in [7, 11) is 0. The van der Waals surface area contributed by atoms with Crippen LogP contribution in [0.4, 0.5) is 10.2 Å². The van der Waals surface area contributed by atoms with Crippen LogP contribution in [0, 0.1) is 5.82 Å². The van der Waals surface area contributed by atoms with E-state index in [9.17, 15) is 14.0 Å². The van der Waals surface area contributed by atoms with E-state index >= 15 is 0 Å². The molecule has 8 heteroatoms. The number of fused-ring (bicyclic) bond motifs is 1. The van der Waals surface area contributed by atoms with E-state index in [1.54, 1.807) is 53.5 Å². The number of nitrogens with zero attached hydrogens (tertiary/aromatic N) is 3. The zero-order chi connectivity index (χ0) is 21.1. The molecule has 4 aromatic rings. The summed E-state index contributed by atoms with van der Waals surface area (Å²) in [6.07, 6.45) is 3.22. The monoisotopic (exact) mass is 403 g/mol. The zero-order valence-corrected chi connectivity index (χ0v) is 16.1. The third-order valence-corrected chi connectivity index (χ3v) is 4.51. The van der Waals surface area contributed by atoms with Gasteiger partial charge < -0.3 is 10.6 Å². The van der Waals surface area contributed by atoms with Gasteiger partial charge in [-0.3, -0.25) is 9.59 Å². The normalized spacial score (nSPS) is 10.7. The summed E-state index contributed by atoms with van der Waals surface area (Å²) in [6.45, 7) is 1.70. The van der Waals surface area contributed by atoms with E-state index in [2.05, 4.69) is 20.7 Å². The van der Waals surface area contributed by atoms with E-state index in [1.807, 2.05) is 6.07 Å². The lowest BCUT2D eigenvalue weighted by Crippen LogP contribution is -2.23. The standard InChI is InChI=1S/C22H18FN5O2/c1-14(29)27-21-10-5-15(11-24-21)12-25-22(30)18-3-2-4-20-19(18)13-26-28(20)17-8-6-16(23)7-9-17/h2-11,13H,12H2,1H3,(H,25,30)(H,24,27,29). The molecule has 2 N–H and O–H groups in total. The van der Waals surface area contributed by atoms with Gasteiger partial charge in [-0.25, -0.2) is 14.1 Å². The SMILES string of the molecule is CC(=O)Nc1ccc(CNC(=O)c2cccc3c2cnn3-c2ccc(F)cc2)cn1. The molecule has 0 aliphatic carbocycles. The second-order valence-electron chi connectivity index (χ2n) is 6.69. The molecule has 0 saturated carbocycles. The molecule has 4 rings (SSSR count). The Morgan fingerprint density at radius 1 is 1.03 bits per heavy atom. The van der Waals surface area contributed by atoms with Crippen LogP contribution in [0.1, 0.15) is 22.8 Å². The number of hydrogen-bond donors (Lipinski definition) is 2. The van der Waals surface area contributed by atoms with Gasteiger partial charge >= 0.3 is 0 Å². The maximum absolute atomic E-state index is 13.2. The number of benzene rings is 2. The minimum absolute atomic E-state index is 0.196. The van der Waals surface area contributed by atoms with E-state index in [4.69, 9.17) is 0 Å². The number of amides is 2. The molecule has 30 heavy (non-hydrogen) atoms. The maximum Gasteiger partial charge on any atom is 0.252 e. The number of aromatic nitrogens is 3. The van der Waals surface area contributed by atoms with Crippen molar-refractivity contribution >= 4 is 28.5 Å². The first-order valence-corrected chi connectivity index (χ1v) is 9.24. The second kappa shape index (κ2) is 8.12. The fourth-order valence-electron chi connectivity index (χ4n) is 3.10. The van der Waals surface area contributed by atoms with Gasteiger partial charge in [0.25, 0.3) is 5.91 Å². The molecule has 0 unspecified atom stereocenters. The highest BCUT2D eigenvalue weighted by Gasteiger charge is 2.14. The van der Waals surface area contributed by atoms with Crippen LogP contribution < -0.4 is 10.6 Å². The Bertz CT molecular complexity index is 1220. The summed E-state index contributed by atoms with van der Waals surface area (Å²) in [6, 6.07) is 14.8. The average molecular weight is 403 g/mol. The lowest BCUT2D eigenvalue weighted by Gasteiger charge is -2.08. The van der Waals surface area contributed by atoms with E-state index < -0.39 is 0 Å². The molecular formula is C22H18FN5O2. The highest BCUT2D eigenvalue weighted by Crippen LogP contribution is 2.22. The van der Waals surface area contributed by atoms with Crippen molar-refractivity contribution in [1.82, 2.24) is 20.1 Å². The van der Waals surface area contributed by atoms with Gasteiger partial charge in [0.2, 0.25) is 5.91 Å². The number of halogens is 1. The first kappa shape index (κ1) is 19.3. The third-order valence-electron chi connectivity index (χ3n) is 4.51. The molecule has 0 saturated heterocycles. The first-order valence-electron chi connectivity index (χ1n) is 9.24. The molecule has 2 amide bonds. The number of carbonyl (C=O) groups is 2. The molecule has 2 aromatic carbocycles. The van der Waals surface area contributed by atoms with Gasteiger partial charge in [0, 0.05) is 25.1 Å². The quantitative estimate of drug-likeness (QED) is 0.534. The predicted molar refractivity (Wildman–Crippen MR) is 111 cm³/mol. The van der Waals surface area contributed by atoms with Crippen molar-refractivity contribution in [2.24, 2.45) is 0 Å². The Kier molecular flexibility index (Phi) is 5.21. The summed E-state index contributed by atoms with van der Waals surface area (Å²) in [5.74, 6) is -0.312. The van der Waals surface area contributed by atoms with Gasteiger partial charge in [0.1, 0.15) is 11.6 Å². The Hall–Kier alpha value is -4.07. The molecule has 150 valence electrons. The van der Waals surface area contributed by atoms with Gasteiger partial charge in [0.15, 0.2) is 0 Å². The van der Waals surface area contributed by atoms with E-state index in [-0.39, 0.29) is 24.2 Å². The summed E-state index contributed by atoms with van der Waals surface area (Å²) < 4.78 is 14.9. The minimum Gasteiger partial charge on any atom is -0.348 e. The Balaban J connectivity index is 1.52. The van der Waals surface area contributed by atoms with Crippen molar-refractivity contribution in [2.75, 3.05) is 5.32 Å². The van der Waals surface area contributed by atoms with E-state index in [0.29, 0.717) is 22.5 Å². The molecule has 2 heterocycles. The second-order valence-corrected chi connectivity index (χ2v) is 6.69. The maximum atomic E-state index is 13.2. The molecule has 0 aliphatic heterocycles. The summed E-state index contributed by atoms with van der Waals surface area (Å²) >= 11 is 0.